The molecule has 3 heteroatoms. The fourth-order valence-electron chi connectivity index (χ4n) is 1.99. The number of carbonyl (C=O) groups is 1. The standard InChI is InChI=1S/C13H27NO2/c1-6-10-14(7-2)13(5,12(15)16)9-8-11(3)4/h11H,6-10H2,1-5H3,(H,15,16). The molecule has 0 aromatic heterocycles. The zero-order chi connectivity index (χ0) is 12.8. The summed E-state index contributed by atoms with van der Waals surface area (Å²) in [6, 6.07) is 0. The third-order valence-electron chi connectivity index (χ3n) is 3.24. The first-order valence-electron chi connectivity index (χ1n) is 6.36. The van der Waals surface area contributed by atoms with Crippen LogP contribution in [0.3, 0.4) is 0 Å². The van der Waals surface area contributed by atoms with Crippen LogP contribution in [0.5, 0.6) is 0 Å². The van der Waals surface area contributed by atoms with Crippen molar-refractivity contribution in [2.24, 2.45) is 5.92 Å². The van der Waals surface area contributed by atoms with E-state index in [1.165, 1.54) is 0 Å². The van der Waals surface area contributed by atoms with E-state index in [1.807, 2.05) is 13.8 Å². The van der Waals surface area contributed by atoms with Gasteiger partial charge in [-0.25, -0.2) is 0 Å². The highest BCUT2D eigenvalue weighted by molar-refractivity contribution is 5.78. The minimum Gasteiger partial charge on any atom is -0.480 e. The molecule has 0 heterocycles. The molecule has 1 N–H and O–H groups in total. The van der Waals surface area contributed by atoms with Gasteiger partial charge in [0.25, 0.3) is 0 Å². The summed E-state index contributed by atoms with van der Waals surface area (Å²) < 4.78 is 0. The number of carboxylic acid groups (broad SMARTS) is 1. The topological polar surface area (TPSA) is 40.5 Å². The molecule has 0 aliphatic rings. The summed E-state index contributed by atoms with van der Waals surface area (Å²) in [5.41, 5.74) is -0.699. The second kappa shape index (κ2) is 6.89. The Morgan fingerprint density at radius 2 is 1.94 bits per heavy atom. The van der Waals surface area contributed by atoms with Gasteiger partial charge in [0.1, 0.15) is 5.54 Å². The number of likely N-dealkylation sites (N-methyl/N-ethyl adjacent to an activating group) is 1. The van der Waals surface area contributed by atoms with Crippen LogP contribution in [-0.4, -0.2) is 34.6 Å². The SMILES string of the molecule is CCCN(CC)C(C)(CCC(C)C)C(=O)O. The molecule has 0 saturated carbocycles. The van der Waals surface area contributed by atoms with Gasteiger partial charge in [0.15, 0.2) is 0 Å². The lowest BCUT2D eigenvalue weighted by Crippen LogP contribution is -2.52. The van der Waals surface area contributed by atoms with Crippen LogP contribution in [0.1, 0.15) is 53.9 Å². The van der Waals surface area contributed by atoms with E-state index >= 15 is 0 Å². The first-order valence-corrected chi connectivity index (χ1v) is 6.36. The van der Waals surface area contributed by atoms with Gasteiger partial charge >= 0.3 is 5.97 Å². The van der Waals surface area contributed by atoms with Crippen LogP contribution in [0.2, 0.25) is 0 Å². The monoisotopic (exact) mass is 229 g/mol. The fourth-order valence-corrected chi connectivity index (χ4v) is 1.99. The molecule has 0 saturated heterocycles. The highest BCUT2D eigenvalue weighted by Crippen LogP contribution is 2.24. The molecule has 0 aromatic carbocycles. The van der Waals surface area contributed by atoms with Gasteiger partial charge in [0.05, 0.1) is 0 Å². The molecule has 0 aliphatic carbocycles. The van der Waals surface area contributed by atoms with Crippen LogP contribution in [0.4, 0.5) is 0 Å². The van der Waals surface area contributed by atoms with Gasteiger partial charge in [-0.15, -0.1) is 0 Å². The molecule has 1 unspecified atom stereocenters. The Kier molecular flexibility index (Phi) is 6.65. The molecule has 3 nitrogen and oxygen atoms in total. The third-order valence-corrected chi connectivity index (χ3v) is 3.24. The van der Waals surface area contributed by atoms with Gasteiger partial charge in [0.2, 0.25) is 0 Å². The van der Waals surface area contributed by atoms with Gasteiger partial charge in [-0.1, -0.05) is 27.7 Å². The summed E-state index contributed by atoms with van der Waals surface area (Å²) in [5.74, 6) is -0.137. The van der Waals surface area contributed by atoms with Gasteiger partial charge < -0.3 is 5.11 Å². The zero-order valence-corrected chi connectivity index (χ0v) is 11.4. The Labute approximate surface area is 99.8 Å². The Morgan fingerprint density at radius 3 is 2.25 bits per heavy atom. The van der Waals surface area contributed by atoms with Crippen molar-refractivity contribution in [1.82, 2.24) is 4.90 Å². The molecular weight excluding hydrogens is 202 g/mol. The van der Waals surface area contributed by atoms with Gasteiger partial charge in [-0.2, -0.15) is 0 Å². The molecule has 0 bridgehead atoms. The number of rotatable bonds is 8. The smallest absolute Gasteiger partial charge is 0.323 e. The summed E-state index contributed by atoms with van der Waals surface area (Å²) >= 11 is 0. The van der Waals surface area contributed by atoms with Crippen LogP contribution < -0.4 is 0 Å². The number of carboxylic acids is 1. The second-order valence-electron chi connectivity index (χ2n) is 5.09. The van der Waals surface area contributed by atoms with Gasteiger partial charge in [-0.05, 0) is 45.2 Å². The van der Waals surface area contributed by atoms with E-state index < -0.39 is 11.5 Å². The molecule has 0 radical (unpaired) electrons. The number of nitrogens with zero attached hydrogens (tertiary/aromatic N) is 1. The summed E-state index contributed by atoms with van der Waals surface area (Å²) in [5, 5.41) is 9.43. The van der Waals surface area contributed by atoms with E-state index in [9.17, 15) is 9.90 Å². The summed E-state index contributed by atoms with van der Waals surface area (Å²) in [4.78, 5) is 13.5. The van der Waals surface area contributed by atoms with Gasteiger partial charge in [0, 0.05) is 0 Å². The average molecular weight is 229 g/mol. The number of hydrogen-bond donors (Lipinski definition) is 1. The van der Waals surface area contributed by atoms with Crippen LogP contribution in [-0.2, 0) is 4.79 Å². The normalized spacial score (nSPS) is 15.4. The fraction of sp³-hybridized carbons (Fsp3) is 0.923. The Hall–Kier alpha value is -0.570. The largest absolute Gasteiger partial charge is 0.480 e. The maximum absolute atomic E-state index is 11.5. The summed E-state index contributed by atoms with van der Waals surface area (Å²) in [6.45, 7) is 11.9. The molecule has 96 valence electrons. The van der Waals surface area contributed by atoms with Crippen molar-refractivity contribution in [2.75, 3.05) is 13.1 Å². The van der Waals surface area contributed by atoms with Crippen molar-refractivity contribution in [2.45, 2.75) is 59.4 Å². The first-order chi connectivity index (χ1) is 7.38. The van der Waals surface area contributed by atoms with E-state index in [0.29, 0.717) is 5.92 Å². The molecule has 0 spiro atoms. The lowest BCUT2D eigenvalue weighted by atomic mass is 9.90. The Bertz CT molecular complexity index is 216. The van der Waals surface area contributed by atoms with Crippen molar-refractivity contribution in [3.8, 4) is 0 Å². The third kappa shape index (κ3) is 4.12. The van der Waals surface area contributed by atoms with E-state index in [1.54, 1.807) is 0 Å². The lowest BCUT2D eigenvalue weighted by molar-refractivity contribution is -0.151. The van der Waals surface area contributed by atoms with E-state index in [0.717, 1.165) is 32.4 Å². The van der Waals surface area contributed by atoms with Crippen molar-refractivity contribution in [3.05, 3.63) is 0 Å². The summed E-state index contributed by atoms with van der Waals surface area (Å²) in [7, 11) is 0. The van der Waals surface area contributed by atoms with Crippen molar-refractivity contribution in [1.29, 1.82) is 0 Å². The maximum Gasteiger partial charge on any atom is 0.323 e. The van der Waals surface area contributed by atoms with E-state index in [4.69, 9.17) is 0 Å². The quantitative estimate of drug-likeness (QED) is 0.695. The van der Waals surface area contributed by atoms with E-state index in [2.05, 4.69) is 25.7 Å². The minimum atomic E-state index is -0.699. The molecule has 0 fully saturated rings. The number of aliphatic carboxylic acids is 1. The molecule has 0 amide bonds. The minimum absolute atomic E-state index is 0.555. The molecule has 16 heavy (non-hydrogen) atoms. The molecule has 0 aromatic rings. The van der Waals surface area contributed by atoms with E-state index in [-0.39, 0.29) is 0 Å². The van der Waals surface area contributed by atoms with Crippen LogP contribution in [0.15, 0.2) is 0 Å². The van der Waals surface area contributed by atoms with Gasteiger partial charge in [-0.3, -0.25) is 9.69 Å². The second-order valence-corrected chi connectivity index (χ2v) is 5.09. The maximum atomic E-state index is 11.5. The van der Waals surface area contributed by atoms with Crippen molar-refractivity contribution >= 4 is 5.97 Å². The Morgan fingerprint density at radius 1 is 1.38 bits per heavy atom. The number of hydrogen-bond acceptors (Lipinski definition) is 2. The summed E-state index contributed by atoms with van der Waals surface area (Å²) in [6.07, 6.45) is 2.69. The highest BCUT2D eigenvalue weighted by Gasteiger charge is 2.37. The van der Waals surface area contributed by atoms with Crippen LogP contribution in [0.25, 0.3) is 0 Å². The highest BCUT2D eigenvalue weighted by atomic mass is 16.4. The van der Waals surface area contributed by atoms with Crippen LogP contribution in [0, 0.1) is 5.92 Å². The first kappa shape index (κ1) is 15.4. The molecule has 0 rings (SSSR count). The molecule has 0 aliphatic heterocycles. The molecule has 1 atom stereocenters. The zero-order valence-electron chi connectivity index (χ0n) is 11.4. The average Bonchev–Trinajstić information content (AvgIpc) is 2.22. The molecular formula is C13H27NO2. The lowest BCUT2D eigenvalue weighted by Gasteiger charge is -2.37. The van der Waals surface area contributed by atoms with Crippen LogP contribution >= 0.6 is 0 Å². The van der Waals surface area contributed by atoms with Crippen molar-refractivity contribution in [3.63, 3.8) is 0 Å². The predicted octanol–water partition coefficient (Wildman–Crippen LogP) is 3.00. The Balaban J connectivity index is 4.70. The predicted molar refractivity (Wildman–Crippen MR) is 67.7 cm³/mol. The van der Waals surface area contributed by atoms with Crippen molar-refractivity contribution < 1.29 is 9.90 Å².